The van der Waals surface area contributed by atoms with E-state index in [-0.39, 0.29) is 0 Å². The van der Waals surface area contributed by atoms with Crippen LogP contribution in [-0.2, 0) is 0 Å². The van der Waals surface area contributed by atoms with Gasteiger partial charge in [-0.2, -0.15) is 0 Å². The van der Waals surface area contributed by atoms with Gasteiger partial charge in [0.15, 0.2) is 0 Å². The SMILES string of the molecule is c1ccc2c(-c3c4ccccc4c(-c4cccc5sc6ccccc6c45)c4cccnc34)cccc2c1. The van der Waals surface area contributed by atoms with Crippen molar-refractivity contribution >= 4 is 64.0 Å². The predicted octanol–water partition coefficient (Wildman–Crippen LogP) is 10.2. The highest BCUT2D eigenvalue weighted by Crippen LogP contribution is 2.47. The molecule has 2 heterocycles. The number of hydrogen-bond donors (Lipinski definition) is 0. The Labute approximate surface area is 218 Å². The van der Waals surface area contributed by atoms with Gasteiger partial charge in [0.2, 0.25) is 0 Å². The molecule has 0 aliphatic heterocycles. The summed E-state index contributed by atoms with van der Waals surface area (Å²) in [5, 5.41) is 8.82. The van der Waals surface area contributed by atoms with Crippen LogP contribution in [0.1, 0.15) is 0 Å². The molecule has 6 aromatic carbocycles. The maximum Gasteiger partial charge on any atom is 0.0793 e. The zero-order valence-corrected chi connectivity index (χ0v) is 20.8. The molecule has 2 aromatic heterocycles. The molecule has 0 fully saturated rings. The minimum atomic E-state index is 1.05. The average Bonchev–Trinajstić information content (AvgIpc) is 3.35. The summed E-state index contributed by atoms with van der Waals surface area (Å²) in [5.41, 5.74) is 6.01. The second kappa shape index (κ2) is 7.99. The second-order valence-electron chi connectivity index (χ2n) is 9.50. The maximum atomic E-state index is 5.03. The lowest BCUT2D eigenvalue weighted by Crippen LogP contribution is -1.93. The molecule has 0 N–H and O–H groups in total. The molecule has 0 radical (unpaired) electrons. The van der Waals surface area contributed by atoms with Crippen LogP contribution in [0.4, 0.5) is 0 Å². The first-order chi connectivity index (χ1) is 18.4. The Bertz CT molecular complexity index is 2090. The molecule has 8 rings (SSSR count). The van der Waals surface area contributed by atoms with Gasteiger partial charge in [0, 0.05) is 37.3 Å². The quantitative estimate of drug-likeness (QED) is 0.221. The van der Waals surface area contributed by atoms with Crippen molar-refractivity contribution in [3.05, 3.63) is 128 Å². The smallest absolute Gasteiger partial charge is 0.0793 e. The minimum Gasteiger partial charge on any atom is -0.256 e. The van der Waals surface area contributed by atoms with Gasteiger partial charge in [0.05, 0.1) is 5.52 Å². The Kier molecular flexibility index (Phi) is 4.46. The largest absolute Gasteiger partial charge is 0.256 e. The van der Waals surface area contributed by atoms with Gasteiger partial charge in [-0.3, -0.25) is 4.98 Å². The van der Waals surface area contributed by atoms with Crippen LogP contribution in [0.15, 0.2) is 128 Å². The number of rotatable bonds is 2. The fraction of sp³-hybridized carbons (Fsp3) is 0. The highest BCUT2D eigenvalue weighted by Gasteiger charge is 2.20. The van der Waals surface area contributed by atoms with Crippen molar-refractivity contribution in [2.45, 2.75) is 0 Å². The molecule has 1 nitrogen and oxygen atoms in total. The molecule has 0 saturated heterocycles. The first-order valence-electron chi connectivity index (χ1n) is 12.6. The van der Waals surface area contributed by atoms with E-state index in [9.17, 15) is 0 Å². The summed E-state index contributed by atoms with van der Waals surface area (Å²) in [7, 11) is 0. The molecule has 37 heavy (non-hydrogen) atoms. The highest BCUT2D eigenvalue weighted by molar-refractivity contribution is 7.25. The van der Waals surface area contributed by atoms with E-state index in [1.807, 2.05) is 17.5 Å². The van der Waals surface area contributed by atoms with Crippen LogP contribution >= 0.6 is 11.3 Å². The summed E-state index contributed by atoms with van der Waals surface area (Å²) in [5.74, 6) is 0. The van der Waals surface area contributed by atoms with Crippen LogP contribution < -0.4 is 0 Å². The van der Waals surface area contributed by atoms with E-state index < -0.39 is 0 Å². The Morgan fingerprint density at radius 2 is 1.05 bits per heavy atom. The Balaban J connectivity index is 1.59. The predicted molar refractivity (Wildman–Crippen MR) is 161 cm³/mol. The number of thiophene rings is 1. The van der Waals surface area contributed by atoms with Crippen LogP contribution in [0.25, 0.3) is 74.9 Å². The summed E-state index contributed by atoms with van der Waals surface area (Å²) in [6.07, 6.45) is 1.93. The summed E-state index contributed by atoms with van der Waals surface area (Å²) in [6.45, 7) is 0. The van der Waals surface area contributed by atoms with Crippen molar-refractivity contribution in [3.8, 4) is 22.3 Å². The molecular formula is C35H21NS. The van der Waals surface area contributed by atoms with Crippen molar-refractivity contribution in [2.24, 2.45) is 0 Å². The highest BCUT2D eigenvalue weighted by atomic mass is 32.1. The molecule has 172 valence electrons. The molecule has 0 bridgehead atoms. The summed E-state index contributed by atoms with van der Waals surface area (Å²) < 4.78 is 2.64. The number of fused-ring (bicyclic) bond motifs is 6. The summed E-state index contributed by atoms with van der Waals surface area (Å²) in [4.78, 5) is 5.03. The van der Waals surface area contributed by atoms with Crippen molar-refractivity contribution < 1.29 is 0 Å². The van der Waals surface area contributed by atoms with E-state index in [4.69, 9.17) is 4.98 Å². The number of benzene rings is 6. The van der Waals surface area contributed by atoms with Gasteiger partial charge < -0.3 is 0 Å². The first kappa shape index (κ1) is 20.6. The molecule has 0 atom stereocenters. The molecule has 0 aliphatic carbocycles. The van der Waals surface area contributed by atoms with Crippen molar-refractivity contribution in [1.29, 1.82) is 0 Å². The Hall–Kier alpha value is -4.53. The molecule has 0 amide bonds. The standard InChI is InChI=1S/C35H21NS/c1-2-12-23-22(10-1)11-7-16-24(23)34-26-14-4-3-13-25(26)32(29-18-9-21-36-35(29)34)28-17-8-20-31-33(28)27-15-5-6-19-30(27)37-31/h1-21H. The van der Waals surface area contributed by atoms with Gasteiger partial charge >= 0.3 is 0 Å². The third kappa shape index (κ3) is 3.00. The van der Waals surface area contributed by atoms with E-state index in [2.05, 4.69) is 121 Å². The normalized spacial score (nSPS) is 11.8. The Morgan fingerprint density at radius 3 is 1.95 bits per heavy atom. The maximum absolute atomic E-state index is 5.03. The molecule has 0 saturated carbocycles. The molecular weight excluding hydrogens is 466 g/mol. The average molecular weight is 488 g/mol. The zero-order valence-electron chi connectivity index (χ0n) is 20.0. The van der Waals surface area contributed by atoms with E-state index in [1.54, 1.807) is 0 Å². The van der Waals surface area contributed by atoms with Crippen LogP contribution in [0.2, 0.25) is 0 Å². The van der Waals surface area contributed by atoms with Gasteiger partial charge in [-0.1, -0.05) is 103 Å². The summed E-state index contributed by atoms with van der Waals surface area (Å²) in [6, 6.07) is 43.9. The first-order valence-corrected chi connectivity index (χ1v) is 13.4. The Morgan fingerprint density at radius 1 is 0.432 bits per heavy atom. The van der Waals surface area contributed by atoms with Gasteiger partial charge in [-0.25, -0.2) is 0 Å². The van der Waals surface area contributed by atoms with Crippen LogP contribution in [0, 0.1) is 0 Å². The number of aromatic nitrogens is 1. The zero-order chi connectivity index (χ0) is 24.3. The lowest BCUT2D eigenvalue weighted by atomic mass is 9.85. The number of hydrogen-bond acceptors (Lipinski definition) is 2. The van der Waals surface area contributed by atoms with Crippen molar-refractivity contribution in [1.82, 2.24) is 4.98 Å². The van der Waals surface area contributed by atoms with Gasteiger partial charge in [-0.15, -0.1) is 11.3 Å². The minimum absolute atomic E-state index is 1.05. The van der Waals surface area contributed by atoms with E-state index >= 15 is 0 Å². The number of pyridine rings is 1. The fourth-order valence-corrected chi connectivity index (χ4v) is 7.12. The molecule has 8 aromatic rings. The van der Waals surface area contributed by atoms with Crippen LogP contribution in [-0.4, -0.2) is 4.98 Å². The van der Waals surface area contributed by atoms with Crippen LogP contribution in [0.3, 0.4) is 0 Å². The van der Waals surface area contributed by atoms with Crippen molar-refractivity contribution in [3.63, 3.8) is 0 Å². The molecule has 0 aliphatic rings. The van der Waals surface area contributed by atoms with Gasteiger partial charge in [0.25, 0.3) is 0 Å². The van der Waals surface area contributed by atoms with Gasteiger partial charge in [-0.05, 0) is 56.4 Å². The number of nitrogens with zero attached hydrogens (tertiary/aromatic N) is 1. The van der Waals surface area contributed by atoms with Crippen LogP contribution in [0.5, 0.6) is 0 Å². The second-order valence-corrected chi connectivity index (χ2v) is 10.6. The lowest BCUT2D eigenvalue weighted by Gasteiger charge is -2.18. The van der Waals surface area contributed by atoms with E-state index in [1.165, 1.54) is 69.4 Å². The van der Waals surface area contributed by atoms with Gasteiger partial charge in [0.1, 0.15) is 0 Å². The third-order valence-electron chi connectivity index (χ3n) is 7.51. The molecule has 0 unspecified atom stereocenters. The topological polar surface area (TPSA) is 12.9 Å². The lowest BCUT2D eigenvalue weighted by molar-refractivity contribution is 1.42. The van der Waals surface area contributed by atoms with E-state index in [0.717, 1.165) is 5.52 Å². The third-order valence-corrected chi connectivity index (χ3v) is 8.65. The molecule has 0 spiro atoms. The van der Waals surface area contributed by atoms with E-state index in [0.29, 0.717) is 0 Å². The van der Waals surface area contributed by atoms with Crippen molar-refractivity contribution in [2.75, 3.05) is 0 Å². The summed E-state index contributed by atoms with van der Waals surface area (Å²) >= 11 is 1.87. The molecule has 2 heteroatoms. The fourth-order valence-electron chi connectivity index (χ4n) is 5.99. The monoisotopic (exact) mass is 487 g/mol.